The molecule has 2 saturated carbocycles. The van der Waals surface area contributed by atoms with Crippen LogP contribution in [0.5, 0.6) is 0 Å². The van der Waals surface area contributed by atoms with Crippen LogP contribution in [0.1, 0.15) is 36.0 Å². The second kappa shape index (κ2) is 5.70. The molecule has 3 unspecified atom stereocenters. The van der Waals surface area contributed by atoms with Crippen molar-refractivity contribution in [3.05, 3.63) is 46.5 Å². The fourth-order valence-electron chi connectivity index (χ4n) is 3.86. The van der Waals surface area contributed by atoms with E-state index in [4.69, 9.17) is 4.74 Å². The second-order valence-corrected chi connectivity index (χ2v) is 6.42. The first-order valence-electron chi connectivity index (χ1n) is 7.96. The van der Waals surface area contributed by atoms with Crippen LogP contribution in [0.3, 0.4) is 0 Å². The number of carbonyl (C=O) groups is 1. The average molecular weight is 328 g/mol. The lowest BCUT2D eigenvalue weighted by Crippen LogP contribution is -2.24. The molecule has 3 atom stereocenters. The van der Waals surface area contributed by atoms with Gasteiger partial charge in [0.25, 0.3) is 5.69 Å². The molecule has 0 aliphatic heterocycles. The third-order valence-electron chi connectivity index (χ3n) is 5.01. The third kappa shape index (κ3) is 2.53. The van der Waals surface area contributed by atoms with Crippen LogP contribution in [0.4, 0.5) is 5.69 Å². The first-order chi connectivity index (χ1) is 11.6. The predicted molar refractivity (Wildman–Crippen MR) is 82.7 cm³/mol. The number of nitrogens with zero attached hydrogens (tertiary/aromatic N) is 4. The minimum absolute atomic E-state index is 0.0506. The van der Waals surface area contributed by atoms with Crippen LogP contribution in [0.25, 0.3) is 5.69 Å². The summed E-state index contributed by atoms with van der Waals surface area (Å²) in [5, 5.41) is 15.2. The van der Waals surface area contributed by atoms with E-state index in [0.29, 0.717) is 11.8 Å². The van der Waals surface area contributed by atoms with Gasteiger partial charge in [-0.3, -0.25) is 10.1 Å². The fourth-order valence-corrected chi connectivity index (χ4v) is 3.86. The molecule has 0 amide bonds. The smallest absolute Gasteiger partial charge is 0.338 e. The Kier molecular flexibility index (Phi) is 3.51. The van der Waals surface area contributed by atoms with Gasteiger partial charge in [-0.05, 0) is 49.7 Å². The van der Waals surface area contributed by atoms with Crippen molar-refractivity contribution in [1.82, 2.24) is 14.8 Å². The Balaban J connectivity index is 1.58. The number of hydrogen-bond donors (Lipinski definition) is 0. The Hall–Kier alpha value is -2.77. The number of nitro benzene ring substituents is 1. The van der Waals surface area contributed by atoms with Crippen LogP contribution in [-0.2, 0) is 4.74 Å². The minimum atomic E-state index is -0.536. The number of rotatable bonds is 4. The van der Waals surface area contributed by atoms with Gasteiger partial charge in [0.05, 0.1) is 10.5 Å². The first kappa shape index (κ1) is 14.8. The molecule has 1 aromatic carbocycles. The van der Waals surface area contributed by atoms with Crippen LogP contribution in [0.2, 0.25) is 0 Å². The summed E-state index contributed by atoms with van der Waals surface area (Å²) in [7, 11) is 0. The van der Waals surface area contributed by atoms with E-state index < -0.39 is 10.9 Å². The van der Waals surface area contributed by atoms with Crippen LogP contribution in [-0.4, -0.2) is 31.8 Å². The first-order valence-corrected chi connectivity index (χ1v) is 7.96. The zero-order valence-corrected chi connectivity index (χ0v) is 12.9. The van der Waals surface area contributed by atoms with Crippen molar-refractivity contribution in [3.8, 4) is 5.69 Å². The highest BCUT2D eigenvalue weighted by Gasteiger charge is 2.41. The summed E-state index contributed by atoms with van der Waals surface area (Å²) in [4.78, 5) is 27.0. The molecule has 8 heteroatoms. The van der Waals surface area contributed by atoms with Gasteiger partial charge in [0.15, 0.2) is 0 Å². The Morgan fingerprint density at radius 1 is 1.33 bits per heavy atom. The number of aromatic nitrogens is 3. The van der Waals surface area contributed by atoms with E-state index in [2.05, 4.69) is 10.1 Å². The van der Waals surface area contributed by atoms with Crippen LogP contribution in [0.15, 0.2) is 30.9 Å². The van der Waals surface area contributed by atoms with Gasteiger partial charge in [-0.25, -0.2) is 14.5 Å². The largest absolute Gasteiger partial charge is 0.458 e. The van der Waals surface area contributed by atoms with E-state index in [1.54, 1.807) is 0 Å². The Labute approximate surface area is 137 Å². The molecule has 0 radical (unpaired) electrons. The lowest BCUT2D eigenvalue weighted by molar-refractivity contribution is -0.384. The molecule has 2 aliphatic rings. The summed E-state index contributed by atoms with van der Waals surface area (Å²) in [6.45, 7) is 0. The third-order valence-corrected chi connectivity index (χ3v) is 5.01. The van der Waals surface area contributed by atoms with E-state index in [9.17, 15) is 14.9 Å². The summed E-state index contributed by atoms with van der Waals surface area (Å²) >= 11 is 0. The number of nitro groups is 1. The number of carbonyl (C=O) groups excluding carboxylic acids is 1. The number of ether oxygens (including phenoxy) is 1. The van der Waals surface area contributed by atoms with Crippen molar-refractivity contribution in [1.29, 1.82) is 0 Å². The molecule has 8 nitrogen and oxygen atoms in total. The Morgan fingerprint density at radius 2 is 2.21 bits per heavy atom. The minimum Gasteiger partial charge on any atom is -0.458 e. The molecular formula is C16H16N4O4. The molecule has 0 spiro atoms. The quantitative estimate of drug-likeness (QED) is 0.485. The zero-order valence-electron chi connectivity index (χ0n) is 12.9. The van der Waals surface area contributed by atoms with E-state index in [1.165, 1.54) is 42.0 Å². The van der Waals surface area contributed by atoms with Crippen LogP contribution in [0, 0.1) is 22.0 Å². The molecule has 2 aliphatic carbocycles. The van der Waals surface area contributed by atoms with E-state index >= 15 is 0 Å². The summed E-state index contributed by atoms with van der Waals surface area (Å²) in [5.74, 6) is 0.612. The summed E-state index contributed by atoms with van der Waals surface area (Å²) < 4.78 is 6.90. The summed E-state index contributed by atoms with van der Waals surface area (Å²) in [6.07, 6.45) is 6.98. The highest BCUT2D eigenvalue weighted by Crippen LogP contribution is 2.46. The standard InChI is InChI=1S/C16H16N4O4/c21-16(24-15-6-10-1-2-11(15)5-10)12-3-4-13(14(7-12)20(22)23)19-9-17-8-18-19/h3-4,7-11,15H,1-2,5-6H2. The number of fused-ring (bicyclic) bond motifs is 2. The second-order valence-electron chi connectivity index (χ2n) is 6.42. The van der Waals surface area contributed by atoms with Crippen molar-refractivity contribution in [2.24, 2.45) is 11.8 Å². The summed E-state index contributed by atoms with van der Waals surface area (Å²) in [5.41, 5.74) is 0.241. The maximum atomic E-state index is 12.4. The Morgan fingerprint density at radius 3 is 2.83 bits per heavy atom. The number of hydrogen-bond acceptors (Lipinski definition) is 6. The van der Waals surface area contributed by atoms with Crippen molar-refractivity contribution < 1.29 is 14.5 Å². The van der Waals surface area contributed by atoms with Gasteiger partial charge in [-0.15, -0.1) is 0 Å². The van der Waals surface area contributed by atoms with E-state index in [-0.39, 0.29) is 23.0 Å². The van der Waals surface area contributed by atoms with Gasteiger partial charge in [-0.2, -0.15) is 5.10 Å². The number of esters is 1. The van der Waals surface area contributed by atoms with Gasteiger partial charge in [-0.1, -0.05) is 0 Å². The Bertz CT molecular complexity index is 789. The van der Waals surface area contributed by atoms with Crippen molar-refractivity contribution in [2.75, 3.05) is 0 Å². The topological polar surface area (TPSA) is 100 Å². The van der Waals surface area contributed by atoms with Crippen LogP contribution < -0.4 is 0 Å². The lowest BCUT2D eigenvalue weighted by Gasteiger charge is -2.21. The van der Waals surface area contributed by atoms with Crippen molar-refractivity contribution >= 4 is 11.7 Å². The SMILES string of the molecule is O=C(OC1CC2CCC1C2)c1ccc(-n2cncn2)c([N+](=O)[O-])c1. The maximum absolute atomic E-state index is 12.4. The monoisotopic (exact) mass is 328 g/mol. The van der Waals surface area contributed by atoms with E-state index in [0.717, 1.165) is 19.3 Å². The average Bonchev–Trinajstić information content (AvgIpc) is 3.32. The van der Waals surface area contributed by atoms with Gasteiger partial charge in [0.2, 0.25) is 0 Å². The van der Waals surface area contributed by atoms with Crippen LogP contribution >= 0.6 is 0 Å². The van der Waals surface area contributed by atoms with Crippen molar-refractivity contribution in [2.45, 2.75) is 31.8 Å². The molecule has 2 fully saturated rings. The zero-order chi connectivity index (χ0) is 16.7. The van der Waals surface area contributed by atoms with Gasteiger partial charge < -0.3 is 4.74 Å². The molecule has 2 bridgehead atoms. The predicted octanol–water partition coefficient (Wildman–Crippen LogP) is 2.52. The molecule has 2 aromatic rings. The maximum Gasteiger partial charge on any atom is 0.338 e. The summed E-state index contributed by atoms with van der Waals surface area (Å²) in [6, 6.07) is 4.26. The molecular weight excluding hydrogens is 312 g/mol. The molecule has 0 N–H and O–H groups in total. The normalized spacial score (nSPS) is 24.9. The highest BCUT2D eigenvalue weighted by molar-refractivity contribution is 5.91. The fraction of sp³-hybridized carbons (Fsp3) is 0.438. The molecule has 4 rings (SSSR count). The lowest BCUT2D eigenvalue weighted by atomic mass is 9.98. The molecule has 1 aromatic heterocycles. The molecule has 24 heavy (non-hydrogen) atoms. The van der Waals surface area contributed by atoms with Gasteiger partial charge >= 0.3 is 5.97 Å². The van der Waals surface area contributed by atoms with Gasteiger partial charge in [0, 0.05) is 6.07 Å². The molecule has 0 saturated heterocycles. The molecule has 1 heterocycles. The molecule has 124 valence electrons. The highest BCUT2D eigenvalue weighted by atomic mass is 16.6. The number of benzene rings is 1. The van der Waals surface area contributed by atoms with E-state index in [1.807, 2.05) is 0 Å². The van der Waals surface area contributed by atoms with Gasteiger partial charge in [0.1, 0.15) is 24.4 Å². The van der Waals surface area contributed by atoms with Crippen molar-refractivity contribution in [3.63, 3.8) is 0 Å².